The first-order valence-electron chi connectivity index (χ1n) is 6.71. The number of rotatable bonds is 7. The second-order valence-electron chi connectivity index (χ2n) is 5.65. The fourth-order valence-corrected chi connectivity index (χ4v) is 1.85. The van der Waals surface area contributed by atoms with Crippen LogP contribution in [0.2, 0.25) is 0 Å². The first-order chi connectivity index (χ1) is 9.37. The molecule has 6 nitrogen and oxygen atoms in total. The van der Waals surface area contributed by atoms with Crippen LogP contribution in [0.3, 0.4) is 0 Å². The Bertz CT molecular complexity index is 498. The Balaban J connectivity index is 1.90. The molecule has 0 aromatic heterocycles. The molecule has 1 atom stereocenters. The normalized spacial score (nSPS) is 17.6. The van der Waals surface area contributed by atoms with E-state index in [0.29, 0.717) is 23.9 Å². The minimum atomic E-state index is -0.962. The molecular weight excluding hydrogens is 260 g/mol. The second kappa shape index (κ2) is 5.76. The third-order valence-corrected chi connectivity index (χ3v) is 3.26. The standard InChI is InChI=1S/C14H20N2O4/c1-10-7-12(16(18)19)5-6-13(10)20-9-14(2,17)8-15-11-3-4-11/h5-7,11,15,17H,3-4,8-9H2,1-2H3. The lowest BCUT2D eigenvalue weighted by molar-refractivity contribution is -0.384. The van der Waals surface area contributed by atoms with Crippen LogP contribution in [0, 0.1) is 17.0 Å². The van der Waals surface area contributed by atoms with Gasteiger partial charge < -0.3 is 15.2 Å². The molecule has 0 amide bonds. The maximum absolute atomic E-state index is 10.7. The molecule has 0 saturated heterocycles. The molecule has 1 aliphatic carbocycles. The molecule has 1 aromatic carbocycles. The number of nitro benzene ring substituents is 1. The highest BCUT2D eigenvalue weighted by Crippen LogP contribution is 2.24. The van der Waals surface area contributed by atoms with Gasteiger partial charge in [0.25, 0.3) is 5.69 Å². The molecule has 110 valence electrons. The first-order valence-corrected chi connectivity index (χ1v) is 6.71. The Morgan fingerprint density at radius 1 is 1.55 bits per heavy atom. The Kier molecular flexibility index (Phi) is 4.25. The van der Waals surface area contributed by atoms with Crippen LogP contribution in [0.1, 0.15) is 25.3 Å². The highest BCUT2D eigenvalue weighted by molar-refractivity contribution is 5.42. The van der Waals surface area contributed by atoms with E-state index in [9.17, 15) is 15.2 Å². The van der Waals surface area contributed by atoms with Crippen molar-refractivity contribution in [1.29, 1.82) is 0 Å². The third kappa shape index (κ3) is 4.18. The summed E-state index contributed by atoms with van der Waals surface area (Å²) in [5.41, 5.74) is -0.237. The lowest BCUT2D eigenvalue weighted by Crippen LogP contribution is -2.43. The Hall–Kier alpha value is -1.66. The van der Waals surface area contributed by atoms with Gasteiger partial charge in [0.2, 0.25) is 0 Å². The predicted molar refractivity (Wildman–Crippen MR) is 75.0 cm³/mol. The number of hydrogen-bond acceptors (Lipinski definition) is 5. The van der Waals surface area contributed by atoms with E-state index in [1.165, 1.54) is 25.0 Å². The zero-order valence-corrected chi connectivity index (χ0v) is 11.8. The topological polar surface area (TPSA) is 84.6 Å². The molecule has 0 aliphatic heterocycles. The number of benzene rings is 1. The summed E-state index contributed by atoms with van der Waals surface area (Å²) in [4.78, 5) is 10.2. The van der Waals surface area contributed by atoms with Crippen LogP contribution in [0.25, 0.3) is 0 Å². The average molecular weight is 280 g/mol. The van der Waals surface area contributed by atoms with Gasteiger partial charge in [-0.2, -0.15) is 0 Å². The van der Waals surface area contributed by atoms with Gasteiger partial charge in [0, 0.05) is 24.7 Å². The SMILES string of the molecule is Cc1cc([N+](=O)[O-])ccc1OCC(C)(O)CNC1CC1. The molecule has 0 spiro atoms. The highest BCUT2D eigenvalue weighted by Gasteiger charge is 2.27. The van der Waals surface area contributed by atoms with E-state index in [0.717, 1.165) is 0 Å². The zero-order valence-electron chi connectivity index (χ0n) is 11.8. The first kappa shape index (κ1) is 14.7. The molecule has 6 heteroatoms. The Morgan fingerprint density at radius 2 is 2.25 bits per heavy atom. The quantitative estimate of drug-likeness (QED) is 0.587. The predicted octanol–water partition coefficient (Wildman–Crippen LogP) is 1.79. The smallest absolute Gasteiger partial charge is 0.269 e. The van der Waals surface area contributed by atoms with Gasteiger partial charge in [-0.3, -0.25) is 10.1 Å². The van der Waals surface area contributed by atoms with Crippen LogP contribution in [-0.4, -0.2) is 34.8 Å². The summed E-state index contributed by atoms with van der Waals surface area (Å²) in [6.45, 7) is 4.08. The van der Waals surface area contributed by atoms with Gasteiger partial charge in [0.15, 0.2) is 0 Å². The second-order valence-corrected chi connectivity index (χ2v) is 5.65. The maximum atomic E-state index is 10.7. The van der Waals surface area contributed by atoms with Gasteiger partial charge in [-0.1, -0.05) is 0 Å². The number of nitro groups is 1. The van der Waals surface area contributed by atoms with E-state index in [2.05, 4.69) is 5.32 Å². The van der Waals surface area contributed by atoms with Gasteiger partial charge in [-0.25, -0.2) is 0 Å². The van der Waals surface area contributed by atoms with Gasteiger partial charge >= 0.3 is 0 Å². The van der Waals surface area contributed by atoms with E-state index in [1.807, 2.05) is 0 Å². The summed E-state index contributed by atoms with van der Waals surface area (Å²) in [6, 6.07) is 4.96. The van der Waals surface area contributed by atoms with Gasteiger partial charge in [-0.05, 0) is 38.3 Å². The van der Waals surface area contributed by atoms with Crippen molar-refractivity contribution in [3.05, 3.63) is 33.9 Å². The molecule has 20 heavy (non-hydrogen) atoms. The van der Waals surface area contributed by atoms with Crippen LogP contribution < -0.4 is 10.1 Å². The number of aliphatic hydroxyl groups is 1. The summed E-state index contributed by atoms with van der Waals surface area (Å²) >= 11 is 0. The van der Waals surface area contributed by atoms with E-state index in [1.54, 1.807) is 19.9 Å². The number of nitrogens with zero attached hydrogens (tertiary/aromatic N) is 1. The van der Waals surface area contributed by atoms with Crippen molar-refractivity contribution in [2.75, 3.05) is 13.2 Å². The van der Waals surface area contributed by atoms with E-state index >= 15 is 0 Å². The van der Waals surface area contributed by atoms with Crippen LogP contribution >= 0.6 is 0 Å². The van der Waals surface area contributed by atoms with Gasteiger partial charge in [-0.15, -0.1) is 0 Å². The van der Waals surface area contributed by atoms with Crippen molar-refractivity contribution in [3.8, 4) is 5.75 Å². The fraction of sp³-hybridized carbons (Fsp3) is 0.571. The molecule has 1 aliphatic rings. The third-order valence-electron chi connectivity index (χ3n) is 3.26. The number of non-ortho nitro benzene ring substituents is 1. The zero-order chi connectivity index (χ0) is 14.8. The lowest BCUT2D eigenvalue weighted by atomic mass is 10.1. The summed E-state index contributed by atoms with van der Waals surface area (Å²) in [5, 5.41) is 24.1. The van der Waals surface area contributed by atoms with Crippen LogP contribution in [0.5, 0.6) is 5.75 Å². The van der Waals surface area contributed by atoms with Crippen molar-refractivity contribution < 1.29 is 14.8 Å². The van der Waals surface area contributed by atoms with E-state index in [-0.39, 0.29) is 12.3 Å². The largest absolute Gasteiger partial charge is 0.490 e. The van der Waals surface area contributed by atoms with Crippen molar-refractivity contribution in [2.45, 2.75) is 38.3 Å². The van der Waals surface area contributed by atoms with Crippen molar-refractivity contribution in [3.63, 3.8) is 0 Å². The van der Waals surface area contributed by atoms with Crippen LogP contribution in [0.15, 0.2) is 18.2 Å². The molecule has 0 heterocycles. The summed E-state index contributed by atoms with van der Waals surface area (Å²) in [5.74, 6) is 0.558. The van der Waals surface area contributed by atoms with E-state index < -0.39 is 10.5 Å². The van der Waals surface area contributed by atoms with Crippen molar-refractivity contribution in [2.24, 2.45) is 0 Å². The highest BCUT2D eigenvalue weighted by atomic mass is 16.6. The van der Waals surface area contributed by atoms with Crippen molar-refractivity contribution in [1.82, 2.24) is 5.32 Å². The maximum Gasteiger partial charge on any atom is 0.269 e. The monoisotopic (exact) mass is 280 g/mol. The Morgan fingerprint density at radius 3 is 2.80 bits per heavy atom. The molecule has 0 bridgehead atoms. The lowest BCUT2D eigenvalue weighted by Gasteiger charge is -2.24. The summed E-state index contributed by atoms with van der Waals surface area (Å²) < 4.78 is 5.58. The number of hydrogen-bond donors (Lipinski definition) is 2. The van der Waals surface area contributed by atoms with Crippen LogP contribution in [0.4, 0.5) is 5.69 Å². The molecule has 0 radical (unpaired) electrons. The fourth-order valence-electron chi connectivity index (χ4n) is 1.85. The minimum absolute atomic E-state index is 0.0389. The summed E-state index contributed by atoms with van der Waals surface area (Å²) in [7, 11) is 0. The summed E-state index contributed by atoms with van der Waals surface area (Å²) in [6.07, 6.45) is 2.33. The molecule has 1 fully saturated rings. The molecule has 1 aromatic rings. The molecule has 1 saturated carbocycles. The van der Waals surface area contributed by atoms with Gasteiger partial charge in [0.05, 0.1) is 4.92 Å². The van der Waals surface area contributed by atoms with E-state index in [4.69, 9.17) is 4.74 Å². The minimum Gasteiger partial charge on any atom is -0.490 e. The molecule has 2 rings (SSSR count). The number of nitrogens with one attached hydrogen (secondary N) is 1. The van der Waals surface area contributed by atoms with Crippen molar-refractivity contribution >= 4 is 5.69 Å². The average Bonchev–Trinajstić information content (AvgIpc) is 3.19. The molecule has 1 unspecified atom stereocenters. The Labute approximate surface area is 117 Å². The molecule has 2 N–H and O–H groups in total. The van der Waals surface area contributed by atoms with Gasteiger partial charge in [0.1, 0.15) is 18.0 Å². The number of aryl methyl sites for hydroxylation is 1. The van der Waals surface area contributed by atoms with Crippen LogP contribution in [-0.2, 0) is 0 Å². The molecular formula is C14H20N2O4. The number of ether oxygens (including phenoxy) is 1.